The average Bonchev–Trinajstić information content (AvgIpc) is 3.27. The number of benzene rings is 1. The average molecular weight is 462 g/mol. The van der Waals surface area contributed by atoms with Gasteiger partial charge in [0.2, 0.25) is 0 Å². The first-order chi connectivity index (χ1) is 16.4. The Morgan fingerprint density at radius 3 is 2.76 bits per heavy atom. The van der Waals surface area contributed by atoms with Crippen molar-refractivity contribution in [2.75, 3.05) is 37.2 Å². The van der Waals surface area contributed by atoms with E-state index in [9.17, 15) is 0 Å². The number of H-pyrrole nitrogens is 1. The zero-order valence-electron chi connectivity index (χ0n) is 19.5. The number of aromatic amines is 1. The lowest BCUT2D eigenvalue weighted by atomic mass is 10.0. The van der Waals surface area contributed by atoms with Crippen LogP contribution in [0.4, 0.5) is 15.9 Å². The molecule has 1 aliphatic rings. The summed E-state index contributed by atoms with van der Waals surface area (Å²) in [5, 5.41) is 9.77. The Kier molecular flexibility index (Phi) is 5.89. The van der Waals surface area contributed by atoms with Gasteiger partial charge in [-0.1, -0.05) is 0 Å². The summed E-state index contributed by atoms with van der Waals surface area (Å²) in [7, 11) is 3.44. The molecule has 0 aliphatic carbocycles. The third-order valence-electron chi connectivity index (χ3n) is 6.44. The lowest BCUT2D eigenvalue weighted by Crippen LogP contribution is -2.39. The van der Waals surface area contributed by atoms with Gasteiger partial charge in [0.1, 0.15) is 17.3 Å². The van der Waals surface area contributed by atoms with Gasteiger partial charge in [-0.2, -0.15) is 5.10 Å². The van der Waals surface area contributed by atoms with Gasteiger partial charge in [-0.25, -0.2) is 15.2 Å². The molecule has 1 atom stereocenters. The molecule has 1 saturated heterocycles. The fraction of sp³-hybridized carbons (Fsp3) is 0.320. The Balaban J connectivity index is 1.49. The molecule has 1 aromatic carbocycles. The number of aryl methyl sites for hydroxylation is 1. The number of fused-ring (bicyclic) bond motifs is 1. The number of hydrogen-bond acceptors (Lipinski definition) is 7. The van der Waals surface area contributed by atoms with Gasteiger partial charge >= 0.3 is 0 Å². The second-order valence-corrected chi connectivity index (χ2v) is 8.77. The van der Waals surface area contributed by atoms with E-state index >= 15 is 4.39 Å². The van der Waals surface area contributed by atoms with E-state index in [1.54, 1.807) is 20.4 Å². The fourth-order valence-corrected chi connectivity index (χ4v) is 4.58. The Hall–Kier alpha value is -3.56. The predicted octanol–water partition coefficient (Wildman–Crippen LogP) is 4.06. The maximum atomic E-state index is 15.0. The molecule has 0 bridgehead atoms. The highest BCUT2D eigenvalue weighted by Crippen LogP contribution is 2.33. The van der Waals surface area contributed by atoms with Crippen molar-refractivity contribution in [3.8, 4) is 22.5 Å². The molecular weight excluding hydrogens is 433 g/mol. The third kappa shape index (κ3) is 4.08. The van der Waals surface area contributed by atoms with Crippen molar-refractivity contribution >= 4 is 22.4 Å². The second-order valence-electron chi connectivity index (χ2n) is 8.77. The van der Waals surface area contributed by atoms with E-state index in [-0.39, 0.29) is 11.9 Å². The van der Waals surface area contributed by atoms with E-state index in [1.165, 1.54) is 11.1 Å². The van der Waals surface area contributed by atoms with E-state index in [0.717, 1.165) is 59.5 Å². The summed E-state index contributed by atoms with van der Waals surface area (Å²) in [6.07, 6.45) is 5.91. The van der Waals surface area contributed by atoms with Gasteiger partial charge in [0.25, 0.3) is 0 Å². The van der Waals surface area contributed by atoms with E-state index in [1.807, 2.05) is 37.4 Å². The number of ether oxygens (including phenoxy) is 1. The Morgan fingerprint density at radius 1 is 1.21 bits per heavy atom. The van der Waals surface area contributed by atoms with Crippen LogP contribution in [0.1, 0.15) is 18.4 Å². The first-order valence-corrected chi connectivity index (χ1v) is 11.3. The first kappa shape index (κ1) is 22.2. The summed E-state index contributed by atoms with van der Waals surface area (Å²) < 4.78 is 20.5. The molecule has 8 nitrogen and oxygen atoms in total. The maximum absolute atomic E-state index is 15.0. The van der Waals surface area contributed by atoms with Crippen LogP contribution in [0.15, 0.2) is 42.7 Å². The Bertz CT molecular complexity index is 1300. The number of anilines is 2. The molecule has 0 amide bonds. The molecule has 1 fully saturated rings. The third-order valence-corrected chi connectivity index (χ3v) is 6.44. The number of nitrogens with two attached hydrogens (primary N) is 1. The smallest absolute Gasteiger partial charge is 0.134 e. The van der Waals surface area contributed by atoms with Gasteiger partial charge in [0.05, 0.1) is 29.2 Å². The molecular formula is C25H28FN7O. The molecule has 176 valence electrons. The molecule has 3 aromatic heterocycles. The van der Waals surface area contributed by atoms with Crippen LogP contribution >= 0.6 is 0 Å². The minimum Gasteiger partial charge on any atom is -0.380 e. The summed E-state index contributed by atoms with van der Waals surface area (Å²) in [6.45, 7) is 3.66. The van der Waals surface area contributed by atoms with Crippen molar-refractivity contribution in [1.29, 1.82) is 0 Å². The van der Waals surface area contributed by atoms with Crippen LogP contribution in [-0.2, 0) is 4.74 Å². The van der Waals surface area contributed by atoms with Gasteiger partial charge in [0, 0.05) is 50.0 Å². The zero-order valence-corrected chi connectivity index (χ0v) is 19.5. The van der Waals surface area contributed by atoms with Gasteiger partial charge in [-0.05, 0) is 55.7 Å². The number of pyridine rings is 2. The van der Waals surface area contributed by atoms with E-state index < -0.39 is 0 Å². The molecule has 34 heavy (non-hydrogen) atoms. The highest BCUT2D eigenvalue weighted by Gasteiger charge is 2.21. The van der Waals surface area contributed by atoms with Crippen molar-refractivity contribution in [2.24, 2.45) is 5.84 Å². The number of methoxy groups -OCH3 is 1. The van der Waals surface area contributed by atoms with Crippen molar-refractivity contribution in [3.63, 3.8) is 0 Å². The van der Waals surface area contributed by atoms with E-state index in [0.29, 0.717) is 16.9 Å². The largest absolute Gasteiger partial charge is 0.380 e. The topological polar surface area (TPSA) is 96.2 Å². The highest BCUT2D eigenvalue weighted by molar-refractivity contribution is 5.94. The summed E-state index contributed by atoms with van der Waals surface area (Å²) in [5.41, 5.74) is 4.75. The number of hydrazine groups is 1. The summed E-state index contributed by atoms with van der Waals surface area (Å²) in [4.78, 5) is 11.4. The van der Waals surface area contributed by atoms with Crippen LogP contribution in [0.5, 0.6) is 0 Å². The molecule has 1 aliphatic heterocycles. The van der Waals surface area contributed by atoms with Crippen LogP contribution in [0, 0.1) is 12.7 Å². The summed E-state index contributed by atoms with van der Waals surface area (Å²) in [6, 6.07) is 9.17. The summed E-state index contributed by atoms with van der Waals surface area (Å²) in [5.74, 6) is 6.34. The zero-order chi connectivity index (χ0) is 23.8. The lowest BCUT2D eigenvalue weighted by molar-refractivity contribution is 0.0891. The number of aromatic nitrogens is 4. The van der Waals surface area contributed by atoms with Gasteiger partial charge in [-0.3, -0.25) is 10.1 Å². The van der Waals surface area contributed by atoms with Crippen LogP contribution in [0.2, 0.25) is 0 Å². The maximum Gasteiger partial charge on any atom is 0.134 e. The molecule has 4 aromatic rings. The number of hydrogen-bond donors (Lipinski definition) is 2. The standard InChI is InChI=1S/C25H28FN7O/c1-15-9-17(32(2)27)10-20(26)24(15)21-11-19-22(13-28-21)30-31-25(19)16-6-7-23(29-12-16)33-8-4-5-18(14-33)34-3/h6-7,9-13,18H,4-5,8,14,27H2,1-3H3,(H,30,31). The monoisotopic (exact) mass is 461 g/mol. The molecule has 9 heteroatoms. The molecule has 5 rings (SSSR count). The molecule has 0 spiro atoms. The molecule has 3 N–H and O–H groups in total. The Labute approximate surface area is 197 Å². The number of piperidine rings is 1. The number of nitrogens with one attached hydrogen (secondary N) is 1. The minimum absolute atomic E-state index is 0.236. The minimum atomic E-state index is -0.369. The molecule has 0 saturated carbocycles. The van der Waals surface area contributed by atoms with Crippen LogP contribution in [0.25, 0.3) is 33.4 Å². The van der Waals surface area contributed by atoms with Gasteiger partial charge < -0.3 is 14.6 Å². The quantitative estimate of drug-likeness (QED) is 0.342. The molecule has 1 unspecified atom stereocenters. The first-order valence-electron chi connectivity index (χ1n) is 11.3. The number of rotatable bonds is 5. The number of nitrogens with zero attached hydrogens (tertiary/aromatic N) is 5. The SMILES string of the molecule is COC1CCCN(c2ccc(-c3n[nH]c4cnc(-c5c(C)cc(N(C)N)cc5F)cc34)cn2)C1. The Morgan fingerprint density at radius 2 is 2.06 bits per heavy atom. The van der Waals surface area contributed by atoms with Crippen LogP contribution in [0.3, 0.4) is 0 Å². The summed E-state index contributed by atoms with van der Waals surface area (Å²) >= 11 is 0. The van der Waals surface area contributed by atoms with E-state index in [4.69, 9.17) is 15.6 Å². The van der Waals surface area contributed by atoms with Crippen molar-refractivity contribution < 1.29 is 9.13 Å². The lowest BCUT2D eigenvalue weighted by Gasteiger charge is -2.32. The van der Waals surface area contributed by atoms with Crippen LogP contribution in [-0.4, -0.2) is 53.5 Å². The number of halogens is 1. The van der Waals surface area contributed by atoms with Crippen LogP contribution < -0.4 is 15.8 Å². The van der Waals surface area contributed by atoms with Gasteiger partial charge in [0.15, 0.2) is 0 Å². The highest BCUT2D eigenvalue weighted by atomic mass is 19.1. The second kappa shape index (κ2) is 9.00. The molecule has 0 radical (unpaired) electrons. The molecule has 4 heterocycles. The normalized spacial score (nSPS) is 16.3. The van der Waals surface area contributed by atoms with Crippen molar-refractivity contribution in [1.82, 2.24) is 20.2 Å². The predicted molar refractivity (Wildman–Crippen MR) is 132 cm³/mol. The fourth-order valence-electron chi connectivity index (χ4n) is 4.58. The van der Waals surface area contributed by atoms with Gasteiger partial charge in [-0.15, -0.1) is 0 Å². The van der Waals surface area contributed by atoms with E-state index in [2.05, 4.69) is 20.1 Å². The van der Waals surface area contributed by atoms with Crippen molar-refractivity contribution in [3.05, 3.63) is 54.1 Å². The van der Waals surface area contributed by atoms with Crippen molar-refractivity contribution in [2.45, 2.75) is 25.9 Å².